The standard InChI is InChI=1S/C10H20N2O2/c1-12(6-9(11)7-14-2)10(13)5-8-3-4-8/h8-9H,3-7,11H2,1-2H3. The Kier molecular flexibility index (Phi) is 4.35. The molecule has 14 heavy (non-hydrogen) atoms. The molecule has 4 heteroatoms. The van der Waals surface area contributed by atoms with E-state index in [4.69, 9.17) is 10.5 Å². The van der Waals surface area contributed by atoms with Crippen molar-refractivity contribution in [1.82, 2.24) is 4.90 Å². The largest absolute Gasteiger partial charge is 0.383 e. The fraction of sp³-hybridized carbons (Fsp3) is 0.900. The van der Waals surface area contributed by atoms with Gasteiger partial charge in [0.05, 0.1) is 6.61 Å². The number of hydrogen-bond donors (Lipinski definition) is 1. The van der Waals surface area contributed by atoms with Crippen molar-refractivity contribution in [1.29, 1.82) is 0 Å². The highest BCUT2D eigenvalue weighted by Crippen LogP contribution is 2.32. The number of methoxy groups -OCH3 is 1. The van der Waals surface area contributed by atoms with Gasteiger partial charge in [-0.05, 0) is 18.8 Å². The van der Waals surface area contributed by atoms with Crippen molar-refractivity contribution in [3.8, 4) is 0 Å². The van der Waals surface area contributed by atoms with Gasteiger partial charge in [-0.3, -0.25) is 4.79 Å². The van der Waals surface area contributed by atoms with Crippen molar-refractivity contribution in [2.45, 2.75) is 25.3 Å². The topological polar surface area (TPSA) is 55.6 Å². The zero-order valence-corrected chi connectivity index (χ0v) is 9.03. The van der Waals surface area contributed by atoms with Crippen LogP contribution in [0, 0.1) is 5.92 Å². The van der Waals surface area contributed by atoms with Gasteiger partial charge in [0.1, 0.15) is 0 Å². The summed E-state index contributed by atoms with van der Waals surface area (Å²) in [7, 11) is 3.42. The van der Waals surface area contributed by atoms with Crippen LogP contribution < -0.4 is 5.73 Å². The number of carbonyl (C=O) groups excluding carboxylic acids is 1. The molecule has 1 saturated carbocycles. The van der Waals surface area contributed by atoms with E-state index in [2.05, 4.69) is 0 Å². The van der Waals surface area contributed by atoms with E-state index in [9.17, 15) is 4.79 Å². The van der Waals surface area contributed by atoms with Crippen LogP contribution in [0.5, 0.6) is 0 Å². The van der Waals surface area contributed by atoms with Gasteiger partial charge in [0, 0.05) is 33.2 Å². The molecular weight excluding hydrogens is 180 g/mol. The summed E-state index contributed by atoms with van der Waals surface area (Å²) in [6, 6.07) is -0.0758. The lowest BCUT2D eigenvalue weighted by molar-refractivity contribution is -0.130. The van der Waals surface area contributed by atoms with Crippen LogP contribution in [-0.2, 0) is 9.53 Å². The number of carbonyl (C=O) groups is 1. The molecule has 4 nitrogen and oxygen atoms in total. The Morgan fingerprint density at radius 3 is 2.79 bits per heavy atom. The van der Waals surface area contributed by atoms with Gasteiger partial charge >= 0.3 is 0 Å². The lowest BCUT2D eigenvalue weighted by Crippen LogP contribution is -2.41. The molecule has 0 aliphatic heterocycles. The molecule has 1 unspecified atom stereocenters. The van der Waals surface area contributed by atoms with Gasteiger partial charge in [-0.2, -0.15) is 0 Å². The van der Waals surface area contributed by atoms with Crippen molar-refractivity contribution in [3.63, 3.8) is 0 Å². The first kappa shape index (κ1) is 11.5. The smallest absolute Gasteiger partial charge is 0.222 e. The second kappa shape index (κ2) is 5.32. The summed E-state index contributed by atoms with van der Waals surface area (Å²) in [4.78, 5) is 13.3. The molecule has 0 aromatic heterocycles. The van der Waals surface area contributed by atoms with E-state index >= 15 is 0 Å². The first-order chi connectivity index (χ1) is 6.63. The maximum Gasteiger partial charge on any atom is 0.222 e. The molecule has 0 saturated heterocycles. The van der Waals surface area contributed by atoms with E-state index in [0.717, 1.165) is 0 Å². The number of hydrogen-bond acceptors (Lipinski definition) is 3. The number of nitrogens with two attached hydrogens (primary N) is 1. The van der Waals surface area contributed by atoms with Gasteiger partial charge in [-0.15, -0.1) is 0 Å². The molecule has 1 amide bonds. The molecule has 82 valence electrons. The fourth-order valence-corrected chi connectivity index (χ4v) is 1.45. The zero-order chi connectivity index (χ0) is 10.6. The molecule has 0 aromatic carbocycles. The SMILES string of the molecule is COCC(N)CN(C)C(=O)CC1CC1. The van der Waals surface area contributed by atoms with Gasteiger partial charge in [0.2, 0.25) is 5.91 Å². The quantitative estimate of drug-likeness (QED) is 0.667. The van der Waals surface area contributed by atoms with Crippen LogP contribution in [0.2, 0.25) is 0 Å². The molecule has 0 spiro atoms. The van der Waals surface area contributed by atoms with Crippen molar-refractivity contribution in [2.24, 2.45) is 11.7 Å². The van der Waals surface area contributed by atoms with Crippen LogP contribution >= 0.6 is 0 Å². The lowest BCUT2D eigenvalue weighted by atomic mass is 10.2. The third-order valence-corrected chi connectivity index (χ3v) is 2.48. The van der Waals surface area contributed by atoms with Crippen molar-refractivity contribution in [3.05, 3.63) is 0 Å². The van der Waals surface area contributed by atoms with Gasteiger partial charge in [0.15, 0.2) is 0 Å². The average Bonchev–Trinajstić information content (AvgIpc) is 2.88. The Bertz CT molecular complexity index is 193. The van der Waals surface area contributed by atoms with E-state index in [1.165, 1.54) is 12.8 Å². The molecular formula is C10H20N2O2. The molecule has 0 heterocycles. The van der Waals surface area contributed by atoms with E-state index in [1.54, 1.807) is 19.1 Å². The first-order valence-corrected chi connectivity index (χ1v) is 5.12. The molecule has 0 radical (unpaired) electrons. The lowest BCUT2D eigenvalue weighted by Gasteiger charge is -2.21. The average molecular weight is 200 g/mol. The Morgan fingerprint density at radius 2 is 2.29 bits per heavy atom. The monoisotopic (exact) mass is 200 g/mol. The van der Waals surface area contributed by atoms with Crippen LogP contribution in [0.4, 0.5) is 0 Å². The summed E-state index contributed by atoms with van der Waals surface area (Å²) in [6.07, 6.45) is 3.11. The Hall–Kier alpha value is -0.610. The predicted octanol–water partition coefficient (Wildman–Crippen LogP) is 0.219. The molecule has 1 aliphatic carbocycles. The molecule has 0 aromatic rings. The second-order valence-corrected chi connectivity index (χ2v) is 4.14. The molecule has 0 bridgehead atoms. The van der Waals surface area contributed by atoms with Crippen LogP contribution in [0.15, 0.2) is 0 Å². The minimum absolute atomic E-state index is 0.0758. The van der Waals surface area contributed by atoms with Crippen LogP contribution in [-0.4, -0.2) is 44.2 Å². The number of nitrogens with zero attached hydrogens (tertiary/aromatic N) is 1. The highest BCUT2D eigenvalue weighted by molar-refractivity contribution is 5.76. The highest BCUT2D eigenvalue weighted by Gasteiger charge is 2.26. The van der Waals surface area contributed by atoms with Gasteiger partial charge in [0.25, 0.3) is 0 Å². The van der Waals surface area contributed by atoms with Crippen molar-refractivity contribution < 1.29 is 9.53 Å². The molecule has 1 fully saturated rings. The summed E-state index contributed by atoms with van der Waals surface area (Å²) in [5.74, 6) is 0.850. The molecule has 1 atom stereocenters. The van der Waals surface area contributed by atoms with Crippen LogP contribution in [0.3, 0.4) is 0 Å². The minimum Gasteiger partial charge on any atom is -0.383 e. The van der Waals surface area contributed by atoms with Crippen LogP contribution in [0.1, 0.15) is 19.3 Å². The molecule has 1 aliphatic rings. The Balaban J connectivity index is 2.17. The normalized spacial score (nSPS) is 17.9. The maximum absolute atomic E-state index is 11.6. The van der Waals surface area contributed by atoms with Crippen molar-refractivity contribution >= 4 is 5.91 Å². The number of amides is 1. The Morgan fingerprint density at radius 1 is 1.64 bits per heavy atom. The minimum atomic E-state index is -0.0758. The summed E-state index contributed by atoms with van der Waals surface area (Å²) >= 11 is 0. The van der Waals surface area contributed by atoms with Gasteiger partial charge in [-0.1, -0.05) is 0 Å². The van der Waals surface area contributed by atoms with Crippen molar-refractivity contribution in [2.75, 3.05) is 27.3 Å². The summed E-state index contributed by atoms with van der Waals surface area (Å²) in [5, 5.41) is 0. The highest BCUT2D eigenvalue weighted by atomic mass is 16.5. The van der Waals surface area contributed by atoms with E-state index in [1.807, 2.05) is 0 Å². The fourth-order valence-electron chi connectivity index (χ4n) is 1.45. The van der Waals surface area contributed by atoms with Gasteiger partial charge < -0.3 is 15.4 Å². The predicted molar refractivity (Wildman–Crippen MR) is 54.8 cm³/mol. The summed E-state index contributed by atoms with van der Waals surface area (Å²) in [5.41, 5.74) is 5.75. The third-order valence-electron chi connectivity index (χ3n) is 2.48. The second-order valence-electron chi connectivity index (χ2n) is 4.14. The maximum atomic E-state index is 11.6. The van der Waals surface area contributed by atoms with E-state index < -0.39 is 0 Å². The van der Waals surface area contributed by atoms with E-state index in [-0.39, 0.29) is 11.9 Å². The Labute approximate surface area is 85.4 Å². The van der Waals surface area contributed by atoms with Crippen LogP contribution in [0.25, 0.3) is 0 Å². The number of likely N-dealkylation sites (N-methyl/N-ethyl adjacent to an activating group) is 1. The number of ether oxygens (including phenoxy) is 1. The first-order valence-electron chi connectivity index (χ1n) is 5.12. The van der Waals surface area contributed by atoms with E-state index in [0.29, 0.717) is 25.5 Å². The third kappa shape index (κ3) is 4.07. The number of rotatable bonds is 6. The molecule has 1 rings (SSSR count). The zero-order valence-electron chi connectivity index (χ0n) is 9.03. The summed E-state index contributed by atoms with van der Waals surface area (Å²) < 4.78 is 4.91. The molecule has 2 N–H and O–H groups in total. The summed E-state index contributed by atoms with van der Waals surface area (Å²) in [6.45, 7) is 1.08. The van der Waals surface area contributed by atoms with Gasteiger partial charge in [-0.25, -0.2) is 0 Å².